The Morgan fingerprint density at radius 2 is 2.00 bits per heavy atom. The molecule has 25 heavy (non-hydrogen) atoms. The molecule has 0 bridgehead atoms. The minimum Gasteiger partial charge on any atom is -0.381 e. The smallest absolute Gasteiger partial charge is 0.114 e. The fraction of sp³-hybridized carbons (Fsp3) is 0.579. The van der Waals surface area contributed by atoms with Crippen LogP contribution in [0.2, 0.25) is 0 Å². The lowest BCUT2D eigenvalue weighted by Crippen LogP contribution is -2.27. The molecular formula is C19H26N4O2. The highest BCUT2D eigenvalue weighted by Gasteiger charge is 2.25. The van der Waals surface area contributed by atoms with E-state index in [1.54, 1.807) is 0 Å². The zero-order valence-corrected chi connectivity index (χ0v) is 14.6. The standard InChI is InChI=1S/C19H26N4O2/c1-6-20-7-2-15(1)11-21-12-18-19-17(5-10-25-18)14-23(22-19)13-16-3-8-24-9-4-16/h1-2,6-7,14,16,18,21H,3-5,8-13H2/t18-/m1/s1. The van der Waals surface area contributed by atoms with Crippen LogP contribution >= 0.6 is 0 Å². The van der Waals surface area contributed by atoms with Crippen LogP contribution in [-0.2, 0) is 29.0 Å². The number of pyridine rings is 1. The van der Waals surface area contributed by atoms with Gasteiger partial charge in [0.25, 0.3) is 0 Å². The summed E-state index contributed by atoms with van der Waals surface area (Å²) in [6, 6.07) is 4.06. The second-order valence-corrected chi connectivity index (χ2v) is 6.91. The third-order valence-corrected chi connectivity index (χ3v) is 5.06. The van der Waals surface area contributed by atoms with Crippen molar-refractivity contribution in [2.24, 2.45) is 5.92 Å². The van der Waals surface area contributed by atoms with Crippen LogP contribution in [0.25, 0.3) is 0 Å². The second-order valence-electron chi connectivity index (χ2n) is 6.91. The molecule has 6 nitrogen and oxygen atoms in total. The first kappa shape index (κ1) is 16.7. The van der Waals surface area contributed by atoms with E-state index in [0.717, 1.165) is 64.4 Å². The number of rotatable bonds is 6. The Morgan fingerprint density at radius 3 is 2.84 bits per heavy atom. The summed E-state index contributed by atoms with van der Waals surface area (Å²) in [6.07, 6.45) is 9.15. The lowest BCUT2D eigenvalue weighted by molar-refractivity contribution is 0.0388. The Balaban J connectivity index is 1.35. The average molecular weight is 342 g/mol. The zero-order chi connectivity index (χ0) is 16.9. The van der Waals surface area contributed by atoms with Gasteiger partial charge in [-0.15, -0.1) is 0 Å². The van der Waals surface area contributed by atoms with Crippen molar-refractivity contribution in [1.82, 2.24) is 20.1 Å². The summed E-state index contributed by atoms with van der Waals surface area (Å²) in [7, 11) is 0. The number of hydrogen-bond acceptors (Lipinski definition) is 5. The third kappa shape index (κ3) is 4.26. The molecule has 4 heterocycles. The molecule has 0 aromatic carbocycles. The van der Waals surface area contributed by atoms with Gasteiger partial charge in [-0.25, -0.2) is 0 Å². The van der Waals surface area contributed by atoms with Crippen molar-refractivity contribution >= 4 is 0 Å². The van der Waals surface area contributed by atoms with Gasteiger partial charge >= 0.3 is 0 Å². The van der Waals surface area contributed by atoms with Crippen molar-refractivity contribution < 1.29 is 9.47 Å². The summed E-state index contributed by atoms with van der Waals surface area (Å²) in [4.78, 5) is 4.05. The molecule has 0 saturated carbocycles. The van der Waals surface area contributed by atoms with Gasteiger partial charge < -0.3 is 14.8 Å². The van der Waals surface area contributed by atoms with Crippen LogP contribution in [0, 0.1) is 5.92 Å². The molecule has 134 valence electrons. The first-order chi connectivity index (χ1) is 12.4. The van der Waals surface area contributed by atoms with Crippen molar-refractivity contribution in [2.45, 2.75) is 38.5 Å². The quantitative estimate of drug-likeness (QED) is 0.871. The molecule has 1 atom stereocenters. The summed E-state index contributed by atoms with van der Waals surface area (Å²) < 4.78 is 13.6. The highest BCUT2D eigenvalue weighted by Crippen LogP contribution is 2.26. The van der Waals surface area contributed by atoms with Crippen LogP contribution in [0.15, 0.2) is 30.7 Å². The molecule has 2 aromatic rings. The van der Waals surface area contributed by atoms with Crippen LogP contribution in [0.1, 0.15) is 35.8 Å². The fourth-order valence-corrected chi connectivity index (χ4v) is 3.62. The molecule has 4 rings (SSSR count). The Morgan fingerprint density at radius 1 is 1.16 bits per heavy atom. The van der Waals surface area contributed by atoms with Gasteiger partial charge in [0.2, 0.25) is 0 Å². The molecule has 0 spiro atoms. The zero-order valence-electron chi connectivity index (χ0n) is 14.6. The predicted molar refractivity (Wildman–Crippen MR) is 94.1 cm³/mol. The third-order valence-electron chi connectivity index (χ3n) is 5.06. The van der Waals surface area contributed by atoms with E-state index in [0.29, 0.717) is 5.92 Å². The maximum atomic E-state index is 5.98. The molecule has 2 aliphatic heterocycles. The van der Waals surface area contributed by atoms with E-state index in [-0.39, 0.29) is 6.10 Å². The van der Waals surface area contributed by atoms with Crippen LogP contribution in [-0.4, -0.2) is 41.1 Å². The van der Waals surface area contributed by atoms with Crippen molar-refractivity contribution in [2.75, 3.05) is 26.4 Å². The van der Waals surface area contributed by atoms with Crippen molar-refractivity contribution in [1.29, 1.82) is 0 Å². The molecule has 0 radical (unpaired) electrons. The van der Waals surface area contributed by atoms with Crippen LogP contribution in [0.3, 0.4) is 0 Å². The van der Waals surface area contributed by atoms with Crippen LogP contribution < -0.4 is 5.32 Å². The first-order valence-electron chi connectivity index (χ1n) is 9.23. The lowest BCUT2D eigenvalue weighted by Gasteiger charge is -2.22. The second kappa shape index (κ2) is 8.08. The summed E-state index contributed by atoms with van der Waals surface area (Å²) in [5.41, 5.74) is 3.69. The van der Waals surface area contributed by atoms with Gasteiger partial charge in [-0.2, -0.15) is 5.10 Å². The highest BCUT2D eigenvalue weighted by atomic mass is 16.5. The topological polar surface area (TPSA) is 61.2 Å². The van der Waals surface area contributed by atoms with Gasteiger partial charge in [0.1, 0.15) is 6.10 Å². The Labute approximate surface area is 148 Å². The summed E-state index contributed by atoms with van der Waals surface area (Å²) >= 11 is 0. The van der Waals surface area contributed by atoms with Gasteiger partial charge in [-0.1, -0.05) is 0 Å². The van der Waals surface area contributed by atoms with Gasteiger partial charge in [0.05, 0.1) is 12.3 Å². The average Bonchev–Trinajstić information content (AvgIpc) is 3.07. The number of nitrogens with zero attached hydrogens (tertiary/aromatic N) is 3. The predicted octanol–water partition coefficient (Wildman–Crippen LogP) is 2.11. The molecule has 2 aromatic heterocycles. The van der Waals surface area contributed by atoms with E-state index in [4.69, 9.17) is 14.6 Å². The van der Waals surface area contributed by atoms with E-state index in [9.17, 15) is 0 Å². The first-order valence-corrected chi connectivity index (χ1v) is 9.23. The van der Waals surface area contributed by atoms with E-state index in [1.807, 2.05) is 24.5 Å². The minimum atomic E-state index is 0.0431. The summed E-state index contributed by atoms with van der Waals surface area (Å²) in [5.74, 6) is 0.680. The Hall–Kier alpha value is -1.76. The molecule has 2 aliphatic rings. The molecule has 1 N–H and O–H groups in total. The summed E-state index contributed by atoms with van der Waals surface area (Å²) in [5, 5.41) is 8.34. The highest BCUT2D eigenvalue weighted by molar-refractivity contribution is 5.22. The Bertz CT molecular complexity index is 667. The number of ether oxygens (including phenoxy) is 2. The normalized spacial score (nSPS) is 21.2. The molecular weight excluding hydrogens is 316 g/mol. The SMILES string of the molecule is c1cc(CNC[C@H]2OCCc3cn(CC4CCOCC4)nc32)ccn1. The largest absolute Gasteiger partial charge is 0.381 e. The molecule has 0 amide bonds. The van der Waals surface area contributed by atoms with Gasteiger partial charge in [0.15, 0.2) is 0 Å². The maximum absolute atomic E-state index is 5.98. The maximum Gasteiger partial charge on any atom is 0.114 e. The molecule has 0 unspecified atom stereocenters. The van der Waals surface area contributed by atoms with Crippen molar-refractivity contribution in [3.8, 4) is 0 Å². The van der Waals surface area contributed by atoms with Crippen molar-refractivity contribution in [3.05, 3.63) is 47.5 Å². The fourth-order valence-electron chi connectivity index (χ4n) is 3.62. The lowest BCUT2D eigenvalue weighted by atomic mass is 10.0. The molecule has 6 heteroatoms. The van der Waals surface area contributed by atoms with Gasteiger partial charge in [-0.05, 0) is 48.4 Å². The number of fused-ring (bicyclic) bond motifs is 1. The summed E-state index contributed by atoms with van der Waals surface area (Å²) in [6.45, 7) is 5.14. The molecule has 1 saturated heterocycles. The number of aromatic nitrogens is 3. The number of nitrogens with one attached hydrogen (secondary N) is 1. The Kier molecular flexibility index (Phi) is 5.40. The number of hydrogen-bond donors (Lipinski definition) is 1. The van der Waals surface area contributed by atoms with E-state index in [2.05, 4.69) is 21.2 Å². The van der Waals surface area contributed by atoms with Crippen molar-refractivity contribution in [3.63, 3.8) is 0 Å². The van der Waals surface area contributed by atoms with E-state index < -0.39 is 0 Å². The molecule has 1 fully saturated rings. The van der Waals surface area contributed by atoms with E-state index >= 15 is 0 Å². The van der Waals surface area contributed by atoms with Crippen LogP contribution in [0.4, 0.5) is 0 Å². The van der Waals surface area contributed by atoms with Crippen LogP contribution in [0.5, 0.6) is 0 Å². The monoisotopic (exact) mass is 342 g/mol. The van der Waals surface area contributed by atoms with Gasteiger partial charge in [-0.3, -0.25) is 9.67 Å². The minimum absolute atomic E-state index is 0.0431. The van der Waals surface area contributed by atoms with Gasteiger partial charge in [0, 0.05) is 51.4 Å². The van der Waals surface area contributed by atoms with E-state index in [1.165, 1.54) is 11.1 Å². The molecule has 0 aliphatic carbocycles.